The average molecular weight is 424 g/mol. The highest BCUT2D eigenvalue weighted by Gasteiger charge is 2.31. The van der Waals surface area contributed by atoms with E-state index < -0.39 is 11.7 Å². The van der Waals surface area contributed by atoms with Gasteiger partial charge in [-0.3, -0.25) is 4.57 Å². The van der Waals surface area contributed by atoms with Gasteiger partial charge >= 0.3 is 6.18 Å². The lowest BCUT2D eigenvalue weighted by Gasteiger charge is -2.14. The van der Waals surface area contributed by atoms with Crippen molar-refractivity contribution in [3.63, 3.8) is 0 Å². The van der Waals surface area contributed by atoms with Crippen molar-refractivity contribution >= 4 is 11.8 Å². The molecule has 0 fully saturated rings. The molecule has 0 aliphatic heterocycles. The molecular formula is C24H19F3N2S. The summed E-state index contributed by atoms with van der Waals surface area (Å²) in [7, 11) is 0. The predicted octanol–water partition coefficient (Wildman–Crippen LogP) is 7.16. The van der Waals surface area contributed by atoms with Crippen molar-refractivity contribution in [2.24, 2.45) is 0 Å². The molecule has 0 unspecified atom stereocenters. The summed E-state index contributed by atoms with van der Waals surface area (Å²) in [6, 6.07) is 23.2. The maximum atomic E-state index is 13.3. The maximum Gasteiger partial charge on any atom is 0.416 e. The topological polar surface area (TPSA) is 17.8 Å². The molecule has 30 heavy (non-hydrogen) atoms. The van der Waals surface area contributed by atoms with Gasteiger partial charge in [0.05, 0.1) is 17.5 Å². The molecule has 0 aliphatic carbocycles. The van der Waals surface area contributed by atoms with Gasteiger partial charge in [-0.15, -0.1) is 0 Å². The molecule has 0 saturated heterocycles. The van der Waals surface area contributed by atoms with E-state index in [4.69, 9.17) is 0 Å². The summed E-state index contributed by atoms with van der Waals surface area (Å²) in [5.41, 5.74) is 3.65. The summed E-state index contributed by atoms with van der Waals surface area (Å²) in [5.74, 6) is 0.671. The second kappa shape index (κ2) is 8.40. The molecule has 0 spiro atoms. The zero-order valence-corrected chi connectivity index (χ0v) is 17.0. The van der Waals surface area contributed by atoms with E-state index in [-0.39, 0.29) is 0 Å². The molecule has 0 aliphatic rings. The smallest absolute Gasteiger partial charge is 0.287 e. The Morgan fingerprint density at radius 1 is 0.900 bits per heavy atom. The number of imidazole rings is 1. The molecular weight excluding hydrogens is 405 g/mol. The molecule has 2 nitrogen and oxygen atoms in total. The van der Waals surface area contributed by atoms with E-state index in [2.05, 4.69) is 4.98 Å². The molecule has 0 radical (unpaired) electrons. The zero-order chi connectivity index (χ0) is 21.1. The standard InChI is InChI=1S/C24H19F3N2S/c1-17-10-12-19(13-11-17)22-15-28-23(30-16-18-6-3-2-4-7-18)29(22)21-9-5-8-20(14-21)24(25,26)27/h2-15H,16H2,1H3. The van der Waals surface area contributed by atoms with Gasteiger partial charge in [0, 0.05) is 17.0 Å². The monoisotopic (exact) mass is 424 g/mol. The van der Waals surface area contributed by atoms with Gasteiger partial charge in [-0.05, 0) is 30.7 Å². The first kappa shape index (κ1) is 20.3. The van der Waals surface area contributed by atoms with Crippen LogP contribution in [-0.2, 0) is 11.9 Å². The van der Waals surface area contributed by atoms with Gasteiger partial charge in [0.1, 0.15) is 0 Å². The fourth-order valence-corrected chi connectivity index (χ4v) is 4.11. The van der Waals surface area contributed by atoms with Gasteiger partial charge in [-0.1, -0.05) is 78.0 Å². The minimum absolute atomic E-state index is 0.438. The van der Waals surface area contributed by atoms with E-state index in [1.807, 2.05) is 61.5 Å². The Morgan fingerprint density at radius 2 is 1.63 bits per heavy atom. The normalized spacial score (nSPS) is 11.6. The highest BCUT2D eigenvalue weighted by Crippen LogP contribution is 2.35. The largest absolute Gasteiger partial charge is 0.416 e. The van der Waals surface area contributed by atoms with Crippen LogP contribution < -0.4 is 0 Å². The van der Waals surface area contributed by atoms with Crippen molar-refractivity contribution in [1.29, 1.82) is 0 Å². The number of aromatic nitrogens is 2. The third-order valence-electron chi connectivity index (χ3n) is 4.72. The van der Waals surface area contributed by atoms with Crippen molar-refractivity contribution < 1.29 is 13.2 Å². The lowest BCUT2D eigenvalue weighted by atomic mass is 10.1. The van der Waals surface area contributed by atoms with E-state index in [9.17, 15) is 13.2 Å². The molecule has 0 saturated carbocycles. The summed E-state index contributed by atoms with van der Waals surface area (Å²) < 4.78 is 41.8. The van der Waals surface area contributed by atoms with E-state index in [0.717, 1.165) is 28.5 Å². The van der Waals surface area contributed by atoms with Gasteiger partial charge in [0.2, 0.25) is 0 Å². The summed E-state index contributed by atoms with van der Waals surface area (Å²) in [6.45, 7) is 2.00. The Balaban J connectivity index is 1.79. The second-order valence-corrected chi connectivity index (χ2v) is 7.89. The van der Waals surface area contributed by atoms with Gasteiger partial charge in [0.25, 0.3) is 0 Å². The Morgan fingerprint density at radius 3 is 2.33 bits per heavy atom. The Hall–Kier alpha value is -2.99. The van der Waals surface area contributed by atoms with Crippen molar-refractivity contribution in [2.45, 2.75) is 24.0 Å². The average Bonchev–Trinajstić information content (AvgIpc) is 3.17. The first-order valence-corrected chi connectivity index (χ1v) is 10.4. The van der Waals surface area contributed by atoms with E-state index in [1.54, 1.807) is 16.8 Å². The van der Waals surface area contributed by atoms with Crippen molar-refractivity contribution in [2.75, 3.05) is 0 Å². The third kappa shape index (κ3) is 4.44. The summed E-state index contributed by atoms with van der Waals surface area (Å²) in [4.78, 5) is 4.54. The van der Waals surface area contributed by atoms with Crippen molar-refractivity contribution in [1.82, 2.24) is 9.55 Å². The van der Waals surface area contributed by atoms with Crippen LogP contribution in [0.2, 0.25) is 0 Å². The molecule has 1 heterocycles. The van der Waals surface area contributed by atoms with Gasteiger partial charge in [-0.2, -0.15) is 13.2 Å². The van der Waals surface area contributed by atoms with Gasteiger partial charge < -0.3 is 0 Å². The Labute approximate surface area is 177 Å². The fourth-order valence-electron chi connectivity index (χ4n) is 3.16. The summed E-state index contributed by atoms with van der Waals surface area (Å²) in [5, 5.41) is 0.647. The van der Waals surface area contributed by atoms with Crippen LogP contribution in [0.5, 0.6) is 0 Å². The van der Waals surface area contributed by atoms with Gasteiger partial charge in [-0.25, -0.2) is 4.98 Å². The minimum Gasteiger partial charge on any atom is -0.287 e. The van der Waals surface area contributed by atoms with E-state index in [0.29, 0.717) is 16.6 Å². The Kier molecular flexibility index (Phi) is 5.68. The number of hydrogen-bond donors (Lipinski definition) is 0. The third-order valence-corrected chi connectivity index (χ3v) is 5.74. The van der Waals surface area contributed by atoms with Gasteiger partial charge in [0.15, 0.2) is 5.16 Å². The van der Waals surface area contributed by atoms with Crippen LogP contribution in [0.25, 0.3) is 16.9 Å². The van der Waals surface area contributed by atoms with Crippen LogP contribution in [0.1, 0.15) is 16.7 Å². The summed E-state index contributed by atoms with van der Waals surface area (Å²) >= 11 is 1.50. The van der Waals surface area contributed by atoms with E-state index in [1.165, 1.54) is 23.9 Å². The fraction of sp³-hybridized carbons (Fsp3) is 0.125. The number of alkyl halides is 3. The highest BCUT2D eigenvalue weighted by atomic mass is 32.2. The number of benzene rings is 3. The number of hydrogen-bond acceptors (Lipinski definition) is 2. The van der Waals surface area contributed by atoms with Crippen LogP contribution in [-0.4, -0.2) is 9.55 Å². The lowest BCUT2D eigenvalue weighted by molar-refractivity contribution is -0.137. The lowest BCUT2D eigenvalue weighted by Crippen LogP contribution is -2.07. The second-order valence-electron chi connectivity index (χ2n) is 6.95. The molecule has 0 amide bonds. The SMILES string of the molecule is Cc1ccc(-c2cnc(SCc3ccccc3)n2-c2cccc(C(F)(F)F)c2)cc1. The number of rotatable bonds is 5. The number of aryl methyl sites for hydroxylation is 1. The molecule has 6 heteroatoms. The van der Waals surface area contributed by atoms with Crippen LogP contribution >= 0.6 is 11.8 Å². The number of thioether (sulfide) groups is 1. The first-order chi connectivity index (χ1) is 14.4. The minimum atomic E-state index is -4.40. The van der Waals surface area contributed by atoms with Crippen molar-refractivity contribution in [3.8, 4) is 16.9 Å². The quantitative estimate of drug-likeness (QED) is 0.316. The van der Waals surface area contributed by atoms with E-state index >= 15 is 0 Å². The molecule has 0 bridgehead atoms. The maximum absolute atomic E-state index is 13.3. The van der Waals surface area contributed by atoms with Crippen LogP contribution in [0.15, 0.2) is 90.2 Å². The summed E-state index contributed by atoms with van der Waals surface area (Å²) in [6.07, 6.45) is -2.68. The predicted molar refractivity (Wildman–Crippen MR) is 115 cm³/mol. The van der Waals surface area contributed by atoms with Crippen LogP contribution in [0.4, 0.5) is 13.2 Å². The molecule has 152 valence electrons. The molecule has 4 aromatic rings. The number of halogens is 3. The highest BCUT2D eigenvalue weighted by molar-refractivity contribution is 7.98. The van der Waals surface area contributed by atoms with Crippen LogP contribution in [0, 0.1) is 6.92 Å². The van der Waals surface area contributed by atoms with Crippen LogP contribution in [0.3, 0.4) is 0 Å². The molecule has 4 rings (SSSR count). The Bertz CT molecular complexity index is 1130. The molecule has 3 aromatic carbocycles. The number of nitrogens with zero attached hydrogens (tertiary/aromatic N) is 2. The molecule has 0 atom stereocenters. The van der Waals surface area contributed by atoms with Crippen molar-refractivity contribution in [3.05, 3.63) is 102 Å². The zero-order valence-electron chi connectivity index (χ0n) is 16.2. The molecule has 0 N–H and O–H groups in total. The molecule has 1 aromatic heterocycles. The first-order valence-electron chi connectivity index (χ1n) is 9.41.